The second kappa shape index (κ2) is 5.71. The summed E-state index contributed by atoms with van der Waals surface area (Å²) in [6.07, 6.45) is 3.36. The van der Waals surface area contributed by atoms with E-state index in [1.807, 2.05) is 0 Å². The van der Waals surface area contributed by atoms with Crippen LogP contribution in [0.2, 0.25) is 0 Å². The first-order chi connectivity index (χ1) is 9.13. The number of rotatable bonds is 4. The smallest absolute Gasteiger partial charge is 0.198 e. The summed E-state index contributed by atoms with van der Waals surface area (Å²) >= 11 is 3.23. The second-order valence-corrected chi connectivity index (χ2v) is 4.50. The van der Waals surface area contributed by atoms with Gasteiger partial charge in [-0.15, -0.1) is 0 Å². The maximum atomic E-state index is 11.1. The molecule has 0 saturated carbocycles. The third-order valence-electron chi connectivity index (χ3n) is 2.39. The summed E-state index contributed by atoms with van der Waals surface area (Å²) in [5, 5.41) is 11.1. The van der Waals surface area contributed by atoms with Crippen molar-refractivity contribution in [3.8, 4) is 17.2 Å². The molecule has 98 valence electrons. The van der Waals surface area contributed by atoms with Gasteiger partial charge < -0.3 is 14.7 Å². The van der Waals surface area contributed by atoms with Gasteiger partial charge in [0.1, 0.15) is 10.8 Å². The van der Waals surface area contributed by atoms with E-state index in [1.54, 1.807) is 18.2 Å². The predicted octanol–water partition coefficient (Wildman–Crippen LogP) is 2.70. The second-order valence-electron chi connectivity index (χ2n) is 3.65. The summed E-state index contributed by atoms with van der Waals surface area (Å²) in [7, 11) is 1.51. The minimum atomic E-state index is 0.399. The molecule has 1 heterocycles. The molecular weight excluding hydrogens is 314 g/mol. The molecule has 0 N–H and O–H groups in total. The number of nitrogens with zero attached hydrogens (tertiary/aromatic N) is 1. The summed E-state index contributed by atoms with van der Waals surface area (Å²) < 4.78 is 12.0. The van der Waals surface area contributed by atoms with Gasteiger partial charge in [-0.25, -0.2) is 0 Å². The SMILES string of the molecule is COc1ccc(C=O)cc1Oc1cc[n+]([O-])cc1Br. The van der Waals surface area contributed by atoms with Crippen molar-refractivity contribution in [3.63, 3.8) is 0 Å². The van der Waals surface area contributed by atoms with E-state index >= 15 is 0 Å². The van der Waals surface area contributed by atoms with E-state index in [0.29, 0.717) is 32.0 Å². The summed E-state index contributed by atoms with van der Waals surface area (Å²) in [4.78, 5) is 10.8. The van der Waals surface area contributed by atoms with E-state index in [2.05, 4.69) is 15.9 Å². The number of carbonyl (C=O) groups excluding carboxylic acids is 1. The van der Waals surface area contributed by atoms with Gasteiger partial charge in [0.2, 0.25) is 0 Å². The van der Waals surface area contributed by atoms with Crippen LogP contribution in [0.3, 0.4) is 0 Å². The number of aldehydes is 1. The molecule has 6 heteroatoms. The van der Waals surface area contributed by atoms with Crippen molar-refractivity contribution in [2.24, 2.45) is 0 Å². The van der Waals surface area contributed by atoms with Crippen molar-refractivity contribution < 1.29 is 19.0 Å². The molecule has 5 nitrogen and oxygen atoms in total. The van der Waals surface area contributed by atoms with Gasteiger partial charge in [0.25, 0.3) is 0 Å². The zero-order valence-corrected chi connectivity index (χ0v) is 11.6. The minimum absolute atomic E-state index is 0.399. The third-order valence-corrected chi connectivity index (χ3v) is 2.99. The molecule has 0 atom stereocenters. The van der Waals surface area contributed by atoms with Gasteiger partial charge in [0.15, 0.2) is 29.6 Å². The molecule has 0 unspecified atom stereocenters. The molecule has 0 aliphatic heterocycles. The van der Waals surface area contributed by atoms with Crippen LogP contribution in [0.5, 0.6) is 17.2 Å². The molecule has 2 rings (SSSR count). The highest BCUT2D eigenvalue weighted by Crippen LogP contribution is 2.34. The van der Waals surface area contributed by atoms with Crippen LogP contribution in [0.15, 0.2) is 41.1 Å². The Morgan fingerprint density at radius 3 is 2.68 bits per heavy atom. The monoisotopic (exact) mass is 323 g/mol. The molecule has 0 aliphatic carbocycles. The molecular formula is C13H10BrNO4. The molecule has 0 fully saturated rings. The minimum Gasteiger partial charge on any atom is -0.619 e. The summed E-state index contributed by atoms with van der Waals surface area (Å²) in [5.74, 6) is 1.35. The Kier molecular flexibility index (Phi) is 4.01. The number of ether oxygens (including phenoxy) is 2. The van der Waals surface area contributed by atoms with Crippen molar-refractivity contribution in [2.45, 2.75) is 0 Å². The average molecular weight is 324 g/mol. The van der Waals surface area contributed by atoms with E-state index in [9.17, 15) is 10.0 Å². The number of carbonyl (C=O) groups is 1. The van der Waals surface area contributed by atoms with Gasteiger partial charge in [0, 0.05) is 11.6 Å². The van der Waals surface area contributed by atoms with Gasteiger partial charge in [-0.1, -0.05) is 0 Å². The average Bonchev–Trinajstić information content (AvgIpc) is 2.41. The highest BCUT2D eigenvalue weighted by atomic mass is 79.9. The summed E-state index contributed by atoms with van der Waals surface area (Å²) in [6.45, 7) is 0. The molecule has 19 heavy (non-hydrogen) atoms. The standard InChI is InChI=1S/C13H10BrNO4/c1-18-12-3-2-9(8-16)6-13(12)19-11-4-5-15(17)7-10(11)14/h2-8H,1H3. The first-order valence-electron chi connectivity index (χ1n) is 5.33. The lowest BCUT2D eigenvalue weighted by Crippen LogP contribution is -2.23. The molecule has 0 bridgehead atoms. The zero-order chi connectivity index (χ0) is 13.8. The Balaban J connectivity index is 2.38. The van der Waals surface area contributed by atoms with Gasteiger partial charge in [0.05, 0.1) is 7.11 Å². The summed E-state index contributed by atoms with van der Waals surface area (Å²) in [5.41, 5.74) is 0.474. The van der Waals surface area contributed by atoms with E-state index in [4.69, 9.17) is 9.47 Å². The van der Waals surface area contributed by atoms with Gasteiger partial charge in [-0.05, 0) is 34.1 Å². The van der Waals surface area contributed by atoms with Crippen LogP contribution in [-0.2, 0) is 0 Å². The Bertz CT molecular complexity index is 616. The van der Waals surface area contributed by atoms with Crippen molar-refractivity contribution in [1.29, 1.82) is 0 Å². The van der Waals surface area contributed by atoms with E-state index in [-0.39, 0.29) is 0 Å². The zero-order valence-electron chi connectivity index (χ0n) is 10.00. The number of hydrogen-bond acceptors (Lipinski definition) is 4. The number of benzene rings is 1. The van der Waals surface area contributed by atoms with Crippen LogP contribution in [0.1, 0.15) is 10.4 Å². The van der Waals surface area contributed by atoms with Crippen LogP contribution in [0, 0.1) is 5.21 Å². The molecule has 0 spiro atoms. The first-order valence-corrected chi connectivity index (χ1v) is 6.12. The van der Waals surface area contributed by atoms with E-state index in [1.165, 1.54) is 25.6 Å². The number of pyridine rings is 1. The highest BCUT2D eigenvalue weighted by Gasteiger charge is 2.11. The molecule has 1 aromatic heterocycles. The molecule has 0 amide bonds. The Labute approximate surface area is 118 Å². The lowest BCUT2D eigenvalue weighted by molar-refractivity contribution is -0.606. The lowest BCUT2D eigenvalue weighted by atomic mass is 10.2. The van der Waals surface area contributed by atoms with E-state index in [0.717, 1.165) is 6.29 Å². The quantitative estimate of drug-likeness (QED) is 0.493. The summed E-state index contributed by atoms with van der Waals surface area (Å²) in [6, 6.07) is 6.36. The molecule has 0 aliphatic rings. The number of aromatic nitrogens is 1. The van der Waals surface area contributed by atoms with Crippen LogP contribution >= 0.6 is 15.9 Å². The van der Waals surface area contributed by atoms with Crippen LogP contribution in [0.25, 0.3) is 0 Å². The maximum Gasteiger partial charge on any atom is 0.198 e. The normalized spacial score (nSPS) is 10.0. The molecule has 2 aromatic rings. The number of hydrogen-bond donors (Lipinski definition) is 0. The molecule has 0 radical (unpaired) electrons. The number of methoxy groups -OCH3 is 1. The first kappa shape index (κ1) is 13.4. The van der Waals surface area contributed by atoms with Crippen LogP contribution in [-0.4, -0.2) is 13.4 Å². The maximum absolute atomic E-state index is 11.1. The Morgan fingerprint density at radius 1 is 1.26 bits per heavy atom. The lowest BCUT2D eigenvalue weighted by Gasteiger charge is -2.11. The third kappa shape index (κ3) is 3.03. The van der Waals surface area contributed by atoms with Crippen molar-refractivity contribution in [3.05, 3.63) is 51.9 Å². The Morgan fingerprint density at radius 2 is 2.05 bits per heavy atom. The fraction of sp³-hybridized carbons (Fsp3) is 0.0769. The van der Waals surface area contributed by atoms with Crippen molar-refractivity contribution in [2.75, 3.05) is 7.11 Å². The van der Waals surface area contributed by atoms with E-state index < -0.39 is 0 Å². The van der Waals surface area contributed by atoms with Gasteiger partial charge >= 0.3 is 0 Å². The molecule has 0 saturated heterocycles. The number of halogens is 1. The Hall–Kier alpha value is -2.08. The fourth-order valence-electron chi connectivity index (χ4n) is 1.49. The van der Waals surface area contributed by atoms with Crippen molar-refractivity contribution in [1.82, 2.24) is 0 Å². The fourth-order valence-corrected chi connectivity index (χ4v) is 1.90. The van der Waals surface area contributed by atoms with Crippen molar-refractivity contribution >= 4 is 22.2 Å². The van der Waals surface area contributed by atoms with Gasteiger partial charge in [-0.2, -0.15) is 4.73 Å². The predicted molar refractivity (Wildman–Crippen MR) is 71.6 cm³/mol. The van der Waals surface area contributed by atoms with Crippen LogP contribution < -0.4 is 14.2 Å². The highest BCUT2D eigenvalue weighted by molar-refractivity contribution is 9.10. The topological polar surface area (TPSA) is 62.5 Å². The van der Waals surface area contributed by atoms with Gasteiger partial charge in [-0.3, -0.25) is 4.79 Å². The van der Waals surface area contributed by atoms with Crippen LogP contribution in [0.4, 0.5) is 0 Å². The largest absolute Gasteiger partial charge is 0.619 e. The molecule has 1 aromatic carbocycles.